The van der Waals surface area contributed by atoms with Gasteiger partial charge in [-0.1, -0.05) is 48.0 Å². The number of ether oxygens (including phenoxy) is 1. The molecule has 0 bridgehead atoms. The molecule has 5 rings (SSSR count). The molecule has 1 heterocycles. The molecule has 11 heteroatoms. The van der Waals surface area contributed by atoms with Crippen molar-refractivity contribution >= 4 is 27.4 Å². The van der Waals surface area contributed by atoms with E-state index in [1.54, 1.807) is 48.5 Å². The van der Waals surface area contributed by atoms with E-state index in [9.17, 15) is 17.6 Å². The number of rotatable bonds is 13. The number of ketones is 1. The summed E-state index contributed by atoms with van der Waals surface area (Å²) in [6.45, 7) is 2.73. The molecule has 0 radical (unpaired) electrons. The van der Waals surface area contributed by atoms with E-state index in [0.717, 1.165) is 11.1 Å². The fraction of sp³-hybridized carbons (Fsp3) is 0.324. The molecule has 0 unspecified atom stereocenters. The number of hydrogen-bond donors (Lipinski definition) is 2. The van der Waals surface area contributed by atoms with Gasteiger partial charge >= 0.3 is 0 Å². The molecule has 1 fully saturated rings. The van der Waals surface area contributed by atoms with E-state index in [2.05, 4.69) is 5.32 Å². The third kappa shape index (κ3) is 8.30. The first kappa shape index (κ1) is 35.6. The van der Waals surface area contributed by atoms with Gasteiger partial charge in [-0.2, -0.15) is 4.31 Å². The summed E-state index contributed by atoms with van der Waals surface area (Å²) < 4.78 is 63.4. The van der Waals surface area contributed by atoms with Crippen LogP contribution in [0.4, 0.5) is 8.78 Å². The maximum atomic E-state index is 15.4. The minimum absolute atomic E-state index is 0.102. The van der Waals surface area contributed by atoms with Crippen LogP contribution in [0, 0.1) is 11.6 Å². The summed E-state index contributed by atoms with van der Waals surface area (Å²) in [6, 6.07) is 22.3. The highest BCUT2D eigenvalue weighted by atomic mass is 35.5. The number of hydrogen-bond acceptors (Lipinski definition) is 6. The van der Waals surface area contributed by atoms with Crippen molar-refractivity contribution in [2.75, 3.05) is 20.2 Å². The van der Waals surface area contributed by atoms with Gasteiger partial charge in [0, 0.05) is 42.5 Å². The Balaban J connectivity index is 1.35. The van der Waals surface area contributed by atoms with E-state index in [1.807, 2.05) is 19.1 Å². The van der Waals surface area contributed by atoms with Gasteiger partial charge in [0.15, 0.2) is 5.78 Å². The molecule has 1 aliphatic rings. The number of sulfonamides is 1. The van der Waals surface area contributed by atoms with Crippen LogP contribution >= 0.6 is 11.6 Å². The molecule has 3 N–H and O–H groups in total. The zero-order valence-electron chi connectivity index (χ0n) is 26.9. The van der Waals surface area contributed by atoms with Gasteiger partial charge < -0.3 is 15.8 Å². The summed E-state index contributed by atoms with van der Waals surface area (Å²) in [5, 5.41) is 3.85. The predicted octanol–water partition coefficient (Wildman–Crippen LogP) is 6.08. The lowest BCUT2D eigenvalue weighted by Crippen LogP contribution is -2.58. The average molecular weight is 696 g/mol. The van der Waals surface area contributed by atoms with Crippen molar-refractivity contribution in [2.24, 2.45) is 5.73 Å². The van der Waals surface area contributed by atoms with Crippen LogP contribution in [0.2, 0.25) is 5.02 Å². The topological polar surface area (TPSA) is 102 Å². The standard InChI is InChI=1S/C37H40ClF2N3O4S/c1-24-22-42-23-30(43(24)48(45,46)32-17-15-31(47-2)16-18-32)14-19-33-27(4-3-5-35(33)40)21-36(44)37(41)34(26-8-10-28(38)11-9-26)20-25-6-12-29(39)13-7-25/h3-13,15-18,24,30,34,37,42H,14,19-23,41H2,1-2H3/t24-,30-,34-,37-/m0/s1. The molecular weight excluding hydrogens is 656 g/mol. The van der Waals surface area contributed by atoms with Crippen molar-refractivity contribution < 1.29 is 26.7 Å². The highest BCUT2D eigenvalue weighted by molar-refractivity contribution is 7.89. The van der Waals surface area contributed by atoms with Crippen LogP contribution in [-0.2, 0) is 34.1 Å². The molecule has 0 spiro atoms. The lowest BCUT2D eigenvalue weighted by molar-refractivity contribution is -0.120. The summed E-state index contributed by atoms with van der Waals surface area (Å²) >= 11 is 6.13. The summed E-state index contributed by atoms with van der Waals surface area (Å²) in [5.41, 5.74) is 9.14. The van der Waals surface area contributed by atoms with Gasteiger partial charge in [0.1, 0.15) is 17.4 Å². The Kier molecular flexibility index (Phi) is 11.7. The minimum Gasteiger partial charge on any atom is -0.497 e. The van der Waals surface area contributed by atoms with E-state index in [4.69, 9.17) is 22.1 Å². The number of halogens is 3. The van der Waals surface area contributed by atoms with Crippen LogP contribution in [0.15, 0.2) is 95.9 Å². The molecule has 7 nitrogen and oxygen atoms in total. The van der Waals surface area contributed by atoms with E-state index in [1.165, 1.54) is 41.7 Å². The summed E-state index contributed by atoms with van der Waals surface area (Å²) in [4.78, 5) is 14.0. The third-order valence-electron chi connectivity index (χ3n) is 9.03. The summed E-state index contributed by atoms with van der Waals surface area (Å²) in [6.07, 6.45) is 0.832. The number of nitrogens with two attached hydrogens (primary N) is 1. The molecule has 0 aliphatic carbocycles. The number of carbonyl (C=O) groups excluding carboxylic acids is 1. The Bertz CT molecular complexity index is 1810. The molecule has 254 valence electrons. The number of methoxy groups -OCH3 is 1. The van der Waals surface area contributed by atoms with Gasteiger partial charge in [-0.15, -0.1) is 0 Å². The van der Waals surface area contributed by atoms with Crippen molar-refractivity contribution in [1.29, 1.82) is 0 Å². The third-order valence-corrected chi connectivity index (χ3v) is 11.4. The molecule has 48 heavy (non-hydrogen) atoms. The highest BCUT2D eigenvalue weighted by Crippen LogP contribution is 2.30. The highest BCUT2D eigenvalue weighted by Gasteiger charge is 2.38. The number of Topliss-reactive ketones (excluding diaryl/α,β-unsaturated/α-hetero) is 1. The van der Waals surface area contributed by atoms with Crippen molar-refractivity contribution in [3.63, 3.8) is 0 Å². The summed E-state index contributed by atoms with van der Waals surface area (Å²) in [5.74, 6) is -0.990. The van der Waals surface area contributed by atoms with Crippen molar-refractivity contribution in [1.82, 2.24) is 9.62 Å². The van der Waals surface area contributed by atoms with E-state index >= 15 is 4.39 Å². The van der Waals surface area contributed by atoms with Crippen molar-refractivity contribution in [2.45, 2.75) is 61.5 Å². The number of carbonyl (C=O) groups is 1. The molecule has 1 saturated heterocycles. The van der Waals surface area contributed by atoms with Gasteiger partial charge in [0.2, 0.25) is 10.0 Å². The first-order valence-electron chi connectivity index (χ1n) is 15.9. The first-order chi connectivity index (χ1) is 23.0. The number of piperazine rings is 1. The number of nitrogens with zero attached hydrogens (tertiary/aromatic N) is 1. The second-order valence-electron chi connectivity index (χ2n) is 12.2. The Morgan fingerprint density at radius 2 is 1.69 bits per heavy atom. The normalized spacial score (nSPS) is 18.3. The molecule has 0 amide bonds. The minimum atomic E-state index is -3.86. The van der Waals surface area contributed by atoms with E-state index in [-0.39, 0.29) is 35.4 Å². The SMILES string of the molecule is COc1ccc(S(=O)(=O)N2[C@@H](CCc3c(F)cccc3CC(=O)[C@@H](N)[C@@H](Cc3ccc(F)cc3)c3ccc(Cl)cc3)CNC[C@@H]2C)cc1. The van der Waals surface area contributed by atoms with Gasteiger partial charge in [0.25, 0.3) is 0 Å². The smallest absolute Gasteiger partial charge is 0.243 e. The molecule has 1 aliphatic heterocycles. The van der Waals surface area contributed by atoms with Crippen LogP contribution in [0.3, 0.4) is 0 Å². The second-order valence-corrected chi connectivity index (χ2v) is 14.5. The Morgan fingerprint density at radius 1 is 1.00 bits per heavy atom. The molecule has 0 aromatic heterocycles. The monoisotopic (exact) mass is 695 g/mol. The van der Waals surface area contributed by atoms with Crippen LogP contribution in [-0.4, -0.2) is 56.8 Å². The second kappa shape index (κ2) is 15.7. The fourth-order valence-corrected chi connectivity index (χ4v) is 8.43. The van der Waals surface area contributed by atoms with Crippen LogP contribution in [0.1, 0.15) is 41.5 Å². The lowest BCUT2D eigenvalue weighted by Gasteiger charge is -2.40. The van der Waals surface area contributed by atoms with E-state index in [0.29, 0.717) is 47.8 Å². The Hall–Kier alpha value is -3.67. The zero-order chi connectivity index (χ0) is 34.4. The maximum Gasteiger partial charge on any atom is 0.243 e. The summed E-state index contributed by atoms with van der Waals surface area (Å²) in [7, 11) is -2.35. The van der Waals surface area contributed by atoms with Crippen molar-refractivity contribution in [3.8, 4) is 5.75 Å². The molecule has 0 saturated carbocycles. The van der Waals surface area contributed by atoms with Crippen LogP contribution in [0.5, 0.6) is 5.75 Å². The number of benzene rings is 4. The first-order valence-corrected chi connectivity index (χ1v) is 17.7. The Labute approximate surface area is 286 Å². The number of nitrogens with one attached hydrogen (secondary N) is 1. The lowest BCUT2D eigenvalue weighted by atomic mass is 9.82. The van der Waals surface area contributed by atoms with Crippen LogP contribution < -0.4 is 15.8 Å². The van der Waals surface area contributed by atoms with Crippen LogP contribution in [0.25, 0.3) is 0 Å². The zero-order valence-corrected chi connectivity index (χ0v) is 28.5. The Morgan fingerprint density at radius 3 is 2.35 bits per heavy atom. The maximum absolute atomic E-state index is 15.4. The molecular formula is C37H40ClF2N3O4S. The van der Waals surface area contributed by atoms with Gasteiger partial charge in [-0.25, -0.2) is 17.2 Å². The molecule has 4 aromatic rings. The fourth-order valence-electron chi connectivity index (χ4n) is 6.46. The molecule has 4 aromatic carbocycles. The largest absolute Gasteiger partial charge is 0.497 e. The van der Waals surface area contributed by atoms with E-state index < -0.39 is 33.8 Å². The average Bonchev–Trinajstić information content (AvgIpc) is 3.08. The molecule has 4 atom stereocenters. The quantitative estimate of drug-likeness (QED) is 0.176. The van der Waals surface area contributed by atoms with Gasteiger partial charge in [0.05, 0.1) is 18.0 Å². The predicted molar refractivity (Wildman–Crippen MR) is 184 cm³/mol. The van der Waals surface area contributed by atoms with Gasteiger partial charge in [-0.3, -0.25) is 4.79 Å². The van der Waals surface area contributed by atoms with Crippen molar-refractivity contribution in [3.05, 3.63) is 130 Å². The van der Waals surface area contributed by atoms with Gasteiger partial charge in [-0.05, 0) is 103 Å².